The maximum absolute atomic E-state index is 7.00. The van der Waals surface area contributed by atoms with Crippen molar-refractivity contribution < 1.29 is 5.11 Å². The maximum atomic E-state index is 7.00. The topological polar surface area (TPSA) is 20.2 Å². The Balaban J connectivity index is 0. The van der Waals surface area contributed by atoms with E-state index in [9.17, 15) is 0 Å². The Kier molecular flexibility index (Phi) is 21.9. The number of hydrogen-bond acceptors (Lipinski definition) is 1. The van der Waals surface area contributed by atoms with Crippen molar-refractivity contribution in [2.75, 3.05) is 7.11 Å². The second-order valence-electron chi connectivity index (χ2n) is 3.83. The Morgan fingerprint density at radius 1 is 0.500 bits per heavy atom. The second-order valence-corrected chi connectivity index (χ2v) is 3.83. The molecule has 0 aliphatic rings. The monoisotopic (exact) mass is 202 g/mol. The molecule has 0 aromatic heterocycles. The fourth-order valence-corrected chi connectivity index (χ4v) is 1.56. The van der Waals surface area contributed by atoms with E-state index >= 15 is 0 Å². The molecule has 0 heterocycles. The predicted octanol–water partition coefficient (Wildman–Crippen LogP) is 4.54. The summed E-state index contributed by atoms with van der Waals surface area (Å²) in [7, 11) is 1.00. The quantitative estimate of drug-likeness (QED) is 0.544. The Bertz CT molecular complexity index is 61.6. The smallest absolute Gasteiger partial charge is 0.0319 e. The summed E-state index contributed by atoms with van der Waals surface area (Å²) >= 11 is 0. The SMILES string of the molecule is CCCCCCCCCCCC.CO. The third kappa shape index (κ3) is 17.9. The number of aliphatic hydroxyl groups excluding tert-OH is 1. The molecule has 0 spiro atoms. The van der Waals surface area contributed by atoms with Gasteiger partial charge in [-0.15, -0.1) is 0 Å². The van der Waals surface area contributed by atoms with Gasteiger partial charge in [0.05, 0.1) is 0 Å². The molecule has 0 radical (unpaired) electrons. The molecule has 0 bridgehead atoms. The summed E-state index contributed by atoms with van der Waals surface area (Å²) in [6, 6.07) is 0. The normalized spacial score (nSPS) is 9.43. The minimum absolute atomic E-state index is 1.00. The molecule has 0 aromatic rings. The third-order valence-electron chi connectivity index (χ3n) is 2.46. The lowest BCUT2D eigenvalue weighted by Gasteiger charge is -1.99. The summed E-state index contributed by atoms with van der Waals surface area (Å²) in [5.41, 5.74) is 0. The van der Waals surface area contributed by atoms with Crippen molar-refractivity contribution >= 4 is 0 Å². The zero-order chi connectivity index (χ0) is 11.1. The Morgan fingerprint density at radius 2 is 0.714 bits per heavy atom. The van der Waals surface area contributed by atoms with Crippen LogP contribution in [0, 0.1) is 0 Å². The van der Waals surface area contributed by atoms with Crippen molar-refractivity contribution in [1.82, 2.24) is 0 Å². The van der Waals surface area contributed by atoms with Crippen LogP contribution in [0.5, 0.6) is 0 Å². The second kappa shape index (κ2) is 18.7. The van der Waals surface area contributed by atoms with Gasteiger partial charge in [-0.1, -0.05) is 78.1 Å². The molecule has 0 aliphatic carbocycles. The highest BCUT2D eigenvalue weighted by Gasteiger charge is 1.90. The fraction of sp³-hybridized carbons (Fsp3) is 1.00. The molecular weight excluding hydrogens is 172 g/mol. The number of aliphatic hydroxyl groups is 1. The summed E-state index contributed by atoms with van der Waals surface area (Å²) in [6.45, 7) is 4.56. The lowest BCUT2D eigenvalue weighted by atomic mass is 10.1. The standard InChI is InChI=1S/C12H26.CH4O/c1-3-5-7-9-11-12-10-8-6-4-2;1-2/h3-12H2,1-2H3;2H,1H3. The number of unbranched alkanes of at least 4 members (excludes halogenated alkanes) is 9. The fourth-order valence-electron chi connectivity index (χ4n) is 1.56. The van der Waals surface area contributed by atoms with Gasteiger partial charge in [0.2, 0.25) is 0 Å². The van der Waals surface area contributed by atoms with Crippen LogP contribution in [0.1, 0.15) is 78.1 Å². The van der Waals surface area contributed by atoms with Gasteiger partial charge in [-0.25, -0.2) is 0 Å². The highest BCUT2D eigenvalue weighted by molar-refractivity contribution is 4.45. The largest absolute Gasteiger partial charge is 0.400 e. The number of rotatable bonds is 9. The first-order valence-electron chi connectivity index (χ1n) is 6.36. The third-order valence-corrected chi connectivity index (χ3v) is 2.46. The maximum Gasteiger partial charge on any atom is 0.0319 e. The summed E-state index contributed by atoms with van der Waals surface area (Å²) in [6.07, 6.45) is 14.4. The summed E-state index contributed by atoms with van der Waals surface area (Å²) in [5, 5.41) is 7.00. The van der Waals surface area contributed by atoms with Gasteiger partial charge in [-0.05, 0) is 0 Å². The van der Waals surface area contributed by atoms with Crippen LogP contribution in [0.3, 0.4) is 0 Å². The molecule has 14 heavy (non-hydrogen) atoms. The van der Waals surface area contributed by atoms with Gasteiger partial charge in [0.25, 0.3) is 0 Å². The first-order valence-corrected chi connectivity index (χ1v) is 6.36. The minimum Gasteiger partial charge on any atom is -0.400 e. The van der Waals surface area contributed by atoms with Gasteiger partial charge in [0.1, 0.15) is 0 Å². The van der Waals surface area contributed by atoms with Gasteiger partial charge in [0.15, 0.2) is 0 Å². The molecular formula is C13H30O. The molecule has 0 saturated heterocycles. The molecule has 1 heteroatoms. The lowest BCUT2D eigenvalue weighted by Crippen LogP contribution is -1.80. The van der Waals surface area contributed by atoms with E-state index in [-0.39, 0.29) is 0 Å². The number of hydrogen-bond donors (Lipinski definition) is 1. The molecule has 1 nitrogen and oxygen atoms in total. The van der Waals surface area contributed by atoms with Crippen LogP contribution in [-0.4, -0.2) is 12.2 Å². The van der Waals surface area contributed by atoms with E-state index in [0.717, 1.165) is 7.11 Å². The molecule has 0 fully saturated rings. The molecule has 0 unspecified atom stereocenters. The minimum atomic E-state index is 1.00. The molecule has 0 aromatic carbocycles. The average Bonchev–Trinajstić information content (AvgIpc) is 2.25. The van der Waals surface area contributed by atoms with Gasteiger partial charge < -0.3 is 5.11 Å². The van der Waals surface area contributed by atoms with Crippen molar-refractivity contribution in [3.8, 4) is 0 Å². The molecule has 1 N–H and O–H groups in total. The molecule has 88 valence electrons. The van der Waals surface area contributed by atoms with Crippen molar-refractivity contribution in [3.63, 3.8) is 0 Å². The van der Waals surface area contributed by atoms with Crippen LogP contribution in [0.15, 0.2) is 0 Å². The van der Waals surface area contributed by atoms with Crippen LogP contribution >= 0.6 is 0 Å². The van der Waals surface area contributed by atoms with E-state index in [1.165, 1.54) is 64.2 Å². The van der Waals surface area contributed by atoms with Crippen molar-refractivity contribution in [2.24, 2.45) is 0 Å². The summed E-state index contributed by atoms with van der Waals surface area (Å²) < 4.78 is 0. The van der Waals surface area contributed by atoms with Crippen LogP contribution in [0.2, 0.25) is 0 Å². The highest BCUT2D eigenvalue weighted by atomic mass is 16.2. The van der Waals surface area contributed by atoms with Crippen LogP contribution in [0.25, 0.3) is 0 Å². The summed E-state index contributed by atoms with van der Waals surface area (Å²) in [5.74, 6) is 0. The van der Waals surface area contributed by atoms with Crippen LogP contribution < -0.4 is 0 Å². The van der Waals surface area contributed by atoms with Crippen LogP contribution in [0.4, 0.5) is 0 Å². The zero-order valence-corrected chi connectivity index (χ0v) is 10.5. The molecule has 0 amide bonds. The molecule has 0 aliphatic heterocycles. The lowest BCUT2D eigenvalue weighted by molar-refractivity contribution is 0.399. The van der Waals surface area contributed by atoms with E-state index in [0.29, 0.717) is 0 Å². The van der Waals surface area contributed by atoms with Gasteiger partial charge in [-0.3, -0.25) is 0 Å². The first-order chi connectivity index (χ1) is 6.91. The van der Waals surface area contributed by atoms with Crippen molar-refractivity contribution in [2.45, 2.75) is 78.1 Å². The zero-order valence-electron chi connectivity index (χ0n) is 10.5. The van der Waals surface area contributed by atoms with E-state index < -0.39 is 0 Å². The molecule has 0 saturated carbocycles. The molecule has 0 atom stereocenters. The average molecular weight is 202 g/mol. The predicted molar refractivity (Wildman–Crippen MR) is 65.7 cm³/mol. The highest BCUT2D eigenvalue weighted by Crippen LogP contribution is 2.09. The first kappa shape index (κ1) is 16.4. The van der Waals surface area contributed by atoms with E-state index in [4.69, 9.17) is 5.11 Å². The van der Waals surface area contributed by atoms with Gasteiger partial charge in [0, 0.05) is 7.11 Å². The Hall–Kier alpha value is -0.0400. The van der Waals surface area contributed by atoms with E-state index in [1.54, 1.807) is 0 Å². The van der Waals surface area contributed by atoms with Gasteiger partial charge in [-0.2, -0.15) is 0 Å². The van der Waals surface area contributed by atoms with Crippen LogP contribution in [-0.2, 0) is 0 Å². The Labute approximate surface area is 90.9 Å². The van der Waals surface area contributed by atoms with E-state index in [2.05, 4.69) is 13.8 Å². The van der Waals surface area contributed by atoms with Crippen molar-refractivity contribution in [1.29, 1.82) is 0 Å². The summed E-state index contributed by atoms with van der Waals surface area (Å²) in [4.78, 5) is 0. The van der Waals surface area contributed by atoms with Crippen molar-refractivity contribution in [3.05, 3.63) is 0 Å². The van der Waals surface area contributed by atoms with E-state index in [1.807, 2.05) is 0 Å². The van der Waals surface area contributed by atoms with Gasteiger partial charge >= 0.3 is 0 Å². The molecule has 0 rings (SSSR count). The Morgan fingerprint density at radius 3 is 0.929 bits per heavy atom.